The quantitative estimate of drug-likeness (QED) is 0.368. The van der Waals surface area contributed by atoms with Gasteiger partial charge in [-0.25, -0.2) is 9.97 Å². The first kappa shape index (κ1) is 26.5. The number of halogens is 3. The van der Waals surface area contributed by atoms with Gasteiger partial charge in [0.05, 0.1) is 11.8 Å². The van der Waals surface area contributed by atoms with E-state index in [1.807, 2.05) is 25.1 Å². The van der Waals surface area contributed by atoms with Gasteiger partial charge in [0.2, 0.25) is 5.91 Å². The minimum Gasteiger partial charge on any atom is -0.369 e. The predicted octanol–water partition coefficient (Wildman–Crippen LogP) is 4.52. The number of amides is 1. The molecule has 1 spiro atoms. The highest BCUT2D eigenvalue weighted by Crippen LogP contribution is 2.43. The molecule has 208 valence electrons. The lowest BCUT2D eigenvalue weighted by Gasteiger charge is -2.25. The molecular weight excluding hydrogens is 539 g/mol. The molecule has 1 atom stereocenters. The van der Waals surface area contributed by atoms with Gasteiger partial charge in [-0.1, -0.05) is 6.07 Å². The van der Waals surface area contributed by atoms with Crippen LogP contribution in [0.15, 0.2) is 30.6 Å². The van der Waals surface area contributed by atoms with Crippen LogP contribution in [0, 0.1) is 23.7 Å². The van der Waals surface area contributed by atoms with Crippen molar-refractivity contribution in [1.82, 2.24) is 19.4 Å². The Bertz CT molecular complexity index is 1670. The van der Waals surface area contributed by atoms with Crippen LogP contribution in [0.2, 0.25) is 0 Å². The SMILES string of the molecule is Cc1c(CN2CC[C@]3(CCN(c4ncnc5sc(CC(N)=O)cc45)C3)C2)ccc2c1cc(C#N)n2CC(F)(F)F. The van der Waals surface area contributed by atoms with Crippen molar-refractivity contribution in [3.05, 3.63) is 52.3 Å². The minimum absolute atomic E-state index is 0.0185. The second-order valence-corrected chi connectivity index (χ2v) is 12.1. The Morgan fingerprint density at radius 1 is 1.18 bits per heavy atom. The van der Waals surface area contributed by atoms with Crippen LogP contribution in [0.3, 0.4) is 0 Å². The zero-order valence-corrected chi connectivity index (χ0v) is 22.8. The van der Waals surface area contributed by atoms with E-state index in [9.17, 15) is 23.2 Å². The molecule has 2 N–H and O–H groups in total. The first-order valence-electron chi connectivity index (χ1n) is 13.1. The van der Waals surface area contributed by atoms with Crippen LogP contribution in [0.1, 0.15) is 34.5 Å². The van der Waals surface area contributed by atoms with E-state index in [0.717, 1.165) is 75.6 Å². The van der Waals surface area contributed by atoms with E-state index < -0.39 is 12.7 Å². The molecule has 2 aliphatic rings. The third-order valence-electron chi connectivity index (χ3n) is 8.28. The molecule has 0 aliphatic carbocycles. The summed E-state index contributed by atoms with van der Waals surface area (Å²) in [4.78, 5) is 26.9. The number of hydrogen-bond donors (Lipinski definition) is 1. The molecule has 2 saturated heterocycles. The van der Waals surface area contributed by atoms with Crippen LogP contribution >= 0.6 is 11.3 Å². The fraction of sp³-hybridized carbons (Fsp3) is 0.429. The van der Waals surface area contributed by atoms with Crippen LogP contribution in [0.4, 0.5) is 19.0 Å². The molecule has 1 aromatic carbocycles. The number of carbonyl (C=O) groups excluding carboxylic acids is 1. The number of aryl methyl sites for hydroxylation is 1. The van der Waals surface area contributed by atoms with Gasteiger partial charge in [0, 0.05) is 47.4 Å². The van der Waals surface area contributed by atoms with Crippen LogP contribution < -0.4 is 10.6 Å². The fourth-order valence-electron chi connectivity index (χ4n) is 6.39. The summed E-state index contributed by atoms with van der Waals surface area (Å²) in [5.41, 5.74) is 7.94. The molecule has 4 aromatic rings. The lowest BCUT2D eigenvalue weighted by Crippen LogP contribution is -2.31. The summed E-state index contributed by atoms with van der Waals surface area (Å²) >= 11 is 1.47. The minimum atomic E-state index is -4.41. The molecule has 0 saturated carbocycles. The van der Waals surface area contributed by atoms with E-state index in [1.54, 1.807) is 18.5 Å². The number of thiophene rings is 1. The number of benzene rings is 1. The number of nitrogens with two attached hydrogens (primary N) is 1. The summed E-state index contributed by atoms with van der Waals surface area (Å²) in [6.45, 7) is 5.06. The Hall–Kier alpha value is -3.69. The lowest BCUT2D eigenvalue weighted by molar-refractivity contribution is -0.140. The number of aromatic nitrogens is 3. The van der Waals surface area contributed by atoms with Crippen LogP contribution in [0.25, 0.3) is 21.1 Å². The Labute approximate surface area is 232 Å². The van der Waals surface area contributed by atoms with Gasteiger partial charge in [-0.2, -0.15) is 18.4 Å². The summed E-state index contributed by atoms with van der Waals surface area (Å²) in [5, 5.41) is 11.1. The van der Waals surface area contributed by atoms with Crippen molar-refractivity contribution in [3.63, 3.8) is 0 Å². The standard InChI is InChI=1S/C28H28F3N7OS/c1-17-18(2-3-23-21(17)8-19(11-32)38(23)15-28(29,30)31)12-36-6-4-27(13-36)5-7-37(14-27)25-22-9-20(10-24(33)39)40-26(22)35-16-34-25/h2-3,8-9,16H,4-7,10,12-15H2,1H3,(H2,33,39)/t27-/m0/s1. The number of primary amides is 1. The normalized spacial score (nSPS) is 19.8. The lowest BCUT2D eigenvalue weighted by atomic mass is 9.86. The average Bonchev–Trinajstić information content (AvgIpc) is 3.66. The molecular formula is C28H28F3N7OS. The number of nitrogens with zero attached hydrogens (tertiary/aromatic N) is 6. The van der Waals surface area contributed by atoms with E-state index >= 15 is 0 Å². The Kier molecular flexibility index (Phi) is 6.46. The number of nitriles is 1. The molecule has 6 rings (SSSR count). The zero-order chi connectivity index (χ0) is 28.2. The van der Waals surface area contributed by atoms with E-state index in [4.69, 9.17) is 5.73 Å². The Balaban J connectivity index is 1.18. The third-order valence-corrected chi connectivity index (χ3v) is 9.32. The van der Waals surface area contributed by atoms with Crippen molar-refractivity contribution in [2.24, 2.45) is 11.1 Å². The van der Waals surface area contributed by atoms with E-state index in [-0.39, 0.29) is 23.4 Å². The monoisotopic (exact) mass is 567 g/mol. The number of carbonyl (C=O) groups is 1. The summed E-state index contributed by atoms with van der Waals surface area (Å²) in [5.74, 6) is 0.524. The second-order valence-electron chi connectivity index (χ2n) is 11.0. The van der Waals surface area contributed by atoms with Crippen molar-refractivity contribution in [2.45, 2.75) is 45.5 Å². The first-order chi connectivity index (χ1) is 19.0. The van der Waals surface area contributed by atoms with Crippen LogP contribution in [-0.2, 0) is 24.3 Å². The number of likely N-dealkylation sites (tertiary alicyclic amines) is 1. The Morgan fingerprint density at radius 2 is 1.98 bits per heavy atom. The summed E-state index contributed by atoms with van der Waals surface area (Å²) in [7, 11) is 0. The fourth-order valence-corrected chi connectivity index (χ4v) is 7.39. The molecule has 3 aromatic heterocycles. The maximum absolute atomic E-state index is 13.2. The molecule has 12 heteroatoms. The topological polar surface area (TPSA) is 104 Å². The van der Waals surface area contributed by atoms with Crippen molar-refractivity contribution in [2.75, 3.05) is 31.1 Å². The summed E-state index contributed by atoms with van der Waals surface area (Å²) < 4.78 is 40.5. The van der Waals surface area contributed by atoms with Gasteiger partial charge in [-0.3, -0.25) is 9.69 Å². The molecule has 2 aliphatic heterocycles. The highest BCUT2D eigenvalue weighted by Gasteiger charge is 2.44. The highest BCUT2D eigenvalue weighted by atomic mass is 32.1. The van der Waals surface area contributed by atoms with Crippen LogP contribution in [-0.4, -0.2) is 57.7 Å². The largest absolute Gasteiger partial charge is 0.406 e. The molecule has 1 amide bonds. The summed E-state index contributed by atoms with van der Waals surface area (Å²) in [6, 6.07) is 9.07. The number of hydrogen-bond acceptors (Lipinski definition) is 7. The number of rotatable bonds is 6. The second kappa shape index (κ2) is 9.74. The first-order valence-corrected chi connectivity index (χ1v) is 13.9. The Morgan fingerprint density at radius 3 is 2.73 bits per heavy atom. The maximum atomic E-state index is 13.2. The van der Waals surface area contributed by atoms with Gasteiger partial charge in [-0.05, 0) is 55.6 Å². The summed E-state index contributed by atoms with van der Waals surface area (Å²) in [6.07, 6.45) is -0.550. The van der Waals surface area contributed by atoms with E-state index in [2.05, 4.69) is 19.8 Å². The molecule has 0 radical (unpaired) electrons. The van der Waals surface area contributed by atoms with Crippen LogP contribution in [0.5, 0.6) is 0 Å². The molecule has 40 heavy (non-hydrogen) atoms. The van der Waals surface area contributed by atoms with Crippen molar-refractivity contribution in [3.8, 4) is 6.07 Å². The number of anilines is 1. The van der Waals surface area contributed by atoms with Gasteiger partial charge in [-0.15, -0.1) is 11.3 Å². The zero-order valence-electron chi connectivity index (χ0n) is 22.0. The number of fused-ring (bicyclic) bond motifs is 2. The average molecular weight is 568 g/mol. The van der Waals surface area contributed by atoms with Gasteiger partial charge < -0.3 is 15.2 Å². The van der Waals surface area contributed by atoms with Crippen molar-refractivity contribution in [1.29, 1.82) is 5.26 Å². The highest BCUT2D eigenvalue weighted by molar-refractivity contribution is 7.18. The maximum Gasteiger partial charge on any atom is 0.406 e. The van der Waals surface area contributed by atoms with E-state index in [0.29, 0.717) is 17.4 Å². The third kappa shape index (κ3) is 4.88. The van der Waals surface area contributed by atoms with E-state index in [1.165, 1.54) is 11.3 Å². The number of alkyl halides is 3. The molecule has 0 bridgehead atoms. The van der Waals surface area contributed by atoms with Gasteiger partial charge >= 0.3 is 6.18 Å². The smallest absolute Gasteiger partial charge is 0.369 e. The van der Waals surface area contributed by atoms with Crippen molar-refractivity contribution < 1.29 is 18.0 Å². The molecule has 2 fully saturated rings. The molecule has 0 unspecified atom stereocenters. The predicted molar refractivity (Wildman–Crippen MR) is 147 cm³/mol. The van der Waals surface area contributed by atoms with Gasteiger partial charge in [0.1, 0.15) is 35.3 Å². The molecule has 8 nitrogen and oxygen atoms in total. The van der Waals surface area contributed by atoms with Gasteiger partial charge in [0.25, 0.3) is 0 Å². The van der Waals surface area contributed by atoms with Gasteiger partial charge in [0.15, 0.2) is 0 Å². The molecule has 5 heterocycles. The van der Waals surface area contributed by atoms with Crippen molar-refractivity contribution >= 4 is 44.2 Å².